The van der Waals surface area contributed by atoms with E-state index < -0.39 is 10.8 Å². The standard InChI is InChI=1S/C15H25NOS/c1-5-13(4)15(16-6-2)11-18(17)14-9-7-8-12(3)10-14/h7-10,13,15-16H,5-6,11H2,1-4H3. The first-order valence-corrected chi connectivity index (χ1v) is 8.08. The normalized spacial score (nSPS) is 16.2. The summed E-state index contributed by atoms with van der Waals surface area (Å²) in [6.45, 7) is 9.48. The Morgan fingerprint density at radius 2 is 2.06 bits per heavy atom. The number of aryl methyl sites for hydroxylation is 1. The lowest BCUT2D eigenvalue weighted by Crippen LogP contribution is -2.39. The van der Waals surface area contributed by atoms with Crippen molar-refractivity contribution in [1.29, 1.82) is 0 Å². The number of benzene rings is 1. The molecular weight excluding hydrogens is 242 g/mol. The van der Waals surface area contributed by atoms with Crippen LogP contribution in [0, 0.1) is 12.8 Å². The summed E-state index contributed by atoms with van der Waals surface area (Å²) in [6.07, 6.45) is 1.11. The number of hydrogen-bond acceptors (Lipinski definition) is 2. The Morgan fingerprint density at radius 1 is 1.33 bits per heavy atom. The Balaban J connectivity index is 2.72. The molecule has 2 nitrogen and oxygen atoms in total. The summed E-state index contributed by atoms with van der Waals surface area (Å²) in [6, 6.07) is 8.34. The van der Waals surface area contributed by atoms with Crippen molar-refractivity contribution >= 4 is 10.8 Å². The lowest BCUT2D eigenvalue weighted by Gasteiger charge is -2.23. The lowest BCUT2D eigenvalue weighted by atomic mass is 10.0. The van der Waals surface area contributed by atoms with Crippen LogP contribution in [0.25, 0.3) is 0 Å². The summed E-state index contributed by atoms with van der Waals surface area (Å²) in [7, 11) is -0.910. The minimum absolute atomic E-state index is 0.335. The second-order valence-corrected chi connectivity index (χ2v) is 6.37. The first kappa shape index (κ1) is 15.4. The van der Waals surface area contributed by atoms with Crippen molar-refractivity contribution in [2.24, 2.45) is 5.92 Å². The molecule has 1 N–H and O–H groups in total. The molecule has 1 rings (SSSR count). The topological polar surface area (TPSA) is 29.1 Å². The van der Waals surface area contributed by atoms with Crippen LogP contribution in [0.3, 0.4) is 0 Å². The molecule has 0 aromatic heterocycles. The molecule has 3 unspecified atom stereocenters. The van der Waals surface area contributed by atoms with Crippen molar-refractivity contribution in [3.05, 3.63) is 29.8 Å². The molecule has 18 heavy (non-hydrogen) atoms. The third kappa shape index (κ3) is 4.54. The molecule has 3 atom stereocenters. The molecule has 0 bridgehead atoms. The van der Waals surface area contributed by atoms with Crippen molar-refractivity contribution in [1.82, 2.24) is 5.32 Å². The maximum Gasteiger partial charge on any atom is 0.0545 e. The molecule has 0 spiro atoms. The number of nitrogens with one attached hydrogen (secondary N) is 1. The molecule has 0 aliphatic rings. The molecule has 0 radical (unpaired) electrons. The van der Waals surface area contributed by atoms with Crippen LogP contribution >= 0.6 is 0 Å². The van der Waals surface area contributed by atoms with E-state index in [-0.39, 0.29) is 0 Å². The van der Waals surface area contributed by atoms with Gasteiger partial charge < -0.3 is 5.32 Å². The molecule has 1 aromatic rings. The molecule has 3 heteroatoms. The van der Waals surface area contributed by atoms with E-state index in [1.807, 2.05) is 31.2 Å². The predicted molar refractivity (Wildman–Crippen MR) is 79.4 cm³/mol. The van der Waals surface area contributed by atoms with Gasteiger partial charge in [0.25, 0.3) is 0 Å². The molecule has 0 aliphatic carbocycles. The van der Waals surface area contributed by atoms with Crippen molar-refractivity contribution in [2.75, 3.05) is 12.3 Å². The average Bonchev–Trinajstić information content (AvgIpc) is 2.37. The van der Waals surface area contributed by atoms with Gasteiger partial charge in [0.2, 0.25) is 0 Å². The quantitative estimate of drug-likeness (QED) is 0.822. The van der Waals surface area contributed by atoms with Crippen LogP contribution in [0.2, 0.25) is 0 Å². The molecule has 1 aromatic carbocycles. The molecule has 0 saturated carbocycles. The highest BCUT2D eigenvalue weighted by molar-refractivity contribution is 7.85. The van der Waals surface area contributed by atoms with Gasteiger partial charge in [-0.2, -0.15) is 0 Å². The van der Waals surface area contributed by atoms with E-state index in [0.717, 1.165) is 17.9 Å². The van der Waals surface area contributed by atoms with E-state index >= 15 is 0 Å². The van der Waals surface area contributed by atoms with Crippen LogP contribution in [0.5, 0.6) is 0 Å². The van der Waals surface area contributed by atoms with Gasteiger partial charge in [-0.3, -0.25) is 4.21 Å². The van der Waals surface area contributed by atoms with Gasteiger partial charge in [-0.25, -0.2) is 0 Å². The third-order valence-corrected chi connectivity index (χ3v) is 4.82. The Bertz CT molecular complexity index is 392. The summed E-state index contributed by atoms with van der Waals surface area (Å²) in [4.78, 5) is 0.946. The Morgan fingerprint density at radius 3 is 2.61 bits per heavy atom. The first-order chi connectivity index (χ1) is 8.58. The largest absolute Gasteiger partial charge is 0.313 e. The second kappa shape index (κ2) is 7.70. The average molecular weight is 267 g/mol. The van der Waals surface area contributed by atoms with Crippen LogP contribution in [-0.2, 0) is 10.8 Å². The highest BCUT2D eigenvalue weighted by Crippen LogP contribution is 2.14. The van der Waals surface area contributed by atoms with Gasteiger partial charge in [0, 0.05) is 16.7 Å². The molecule has 0 heterocycles. The van der Waals surface area contributed by atoms with Crippen LogP contribution in [-0.4, -0.2) is 22.5 Å². The summed E-state index contributed by atoms with van der Waals surface area (Å²) in [5, 5.41) is 3.46. The Kier molecular flexibility index (Phi) is 6.58. The maximum absolute atomic E-state index is 12.4. The van der Waals surface area contributed by atoms with E-state index in [4.69, 9.17) is 0 Å². The smallest absolute Gasteiger partial charge is 0.0545 e. The van der Waals surface area contributed by atoms with E-state index in [0.29, 0.717) is 17.7 Å². The Labute approximate surface area is 114 Å². The summed E-state index contributed by atoms with van der Waals surface area (Å²) >= 11 is 0. The fourth-order valence-electron chi connectivity index (χ4n) is 1.99. The SMILES string of the molecule is CCNC(CS(=O)c1cccc(C)c1)C(C)CC. The zero-order chi connectivity index (χ0) is 13.5. The monoisotopic (exact) mass is 267 g/mol. The van der Waals surface area contributed by atoms with Gasteiger partial charge in [0.15, 0.2) is 0 Å². The highest BCUT2D eigenvalue weighted by atomic mass is 32.2. The molecule has 102 valence electrons. The Hall–Kier alpha value is -0.670. The summed E-state index contributed by atoms with van der Waals surface area (Å²) in [5.74, 6) is 1.26. The number of hydrogen-bond donors (Lipinski definition) is 1. The van der Waals surface area contributed by atoms with Crippen LogP contribution in [0.1, 0.15) is 32.8 Å². The zero-order valence-corrected chi connectivity index (χ0v) is 12.7. The van der Waals surface area contributed by atoms with Crippen molar-refractivity contribution < 1.29 is 4.21 Å². The minimum atomic E-state index is -0.910. The lowest BCUT2D eigenvalue weighted by molar-refractivity contribution is 0.401. The van der Waals surface area contributed by atoms with Crippen molar-refractivity contribution in [3.8, 4) is 0 Å². The summed E-state index contributed by atoms with van der Waals surface area (Å²) < 4.78 is 12.4. The second-order valence-electron chi connectivity index (χ2n) is 4.88. The van der Waals surface area contributed by atoms with Gasteiger partial charge in [-0.1, -0.05) is 39.3 Å². The number of rotatable bonds is 7. The first-order valence-electron chi connectivity index (χ1n) is 6.76. The van der Waals surface area contributed by atoms with E-state index in [1.54, 1.807) is 0 Å². The van der Waals surface area contributed by atoms with Gasteiger partial charge in [0.05, 0.1) is 10.8 Å². The van der Waals surface area contributed by atoms with Gasteiger partial charge in [0.1, 0.15) is 0 Å². The molecule has 0 amide bonds. The van der Waals surface area contributed by atoms with E-state index in [1.165, 1.54) is 5.56 Å². The van der Waals surface area contributed by atoms with Gasteiger partial charge in [-0.15, -0.1) is 0 Å². The fourth-order valence-corrected chi connectivity index (χ4v) is 3.50. The van der Waals surface area contributed by atoms with Crippen molar-refractivity contribution in [3.63, 3.8) is 0 Å². The van der Waals surface area contributed by atoms with Gasteiger partial charge >= 0.3 is 0 Å². The minimum Gasteiger partial charge on any atom is -0.313 e. The fraction of sp³-hybridized carbons (Fsp3) is 0.600. The van der Waals surface area contributed by atoms with Crippen LogP contribution in [0.4, 0.5) is 0 Å². The van der Waals surface area contributed by atoms with Crippen LogP contribution < -0.4 is 5.32 Å². The molecule has 0 fully saturated rings. The van der Waals surface area contributed by atoms with Crippen molar-refractivity contribution in [2.45, 2.75) is 45.1 Å². The zero-order valence-electron chi connectivity index (χ0n) is 11.9. The third-order valence-electron chi connectivity index (χ3n) is 3.38. The maximum atomic E-state index is 12.4. The molecular formula is C15H25NOS. The van der Waals surface area contributed by atoms with E-state index in [9.17, 15) is 4.21 Å². The van der Waals surface area contributed by atoms with Crippen LogP contribution in [0.15, 0.2) is 29.2 Å². The molecule has 0 aliphatic heterocycles. The van der Waals surface area contributed by atoms with Gasteiger partial charge in [-0.05, 0) is 37.1 Å². The van der Waals surface area contributed by atoms with E-state index in [2.05, 4.69) is 26.1 Å². The predicted octanol–water partition coefficient (Wildman–Crippen LogP) is 3.13. The summed E-state index contributed by atoms with van der Waals surface area (Å²) in [5.41, 5.74) is 1.17. The molecule has 0 saturated heterocycles. The highest BCUT2D eigenvalue weighted by Gasteiger charge is 2.18.